The number of para-hydroxylation sites is 1. The molecule has 0 N–H and O–H groups in total. The Hall–Kier alpha value is -1.02. The Morgan fingerprint density at radius 3 is 1.61 bits per heavy atom. The molecule has 28 heavy (non-hydrogen) atoms. The second-order valence-corrected chi connectivity index (χ2v) is 8.62. The summed E-state index contributed by atoms with van der Waals surface area (Å²) in [7, 11) is 0. The molecule has 0 radical (unpaired) electrons. The van der Waals surface area contributed by atoms with Crippen LogP contribution in [-0.4, -0.2) is 12.4 Å². The van der Waals surface area contributed by atoms with Crippen molar-refractivity contribution in [2.75, 3.05) is 6.61 Å². The van der Waals surface area contributed by atoms with Crippen molar-refractivity contribution in [2.45, 2.75) is 122 Å². The zero-order valence-electron chi connectivity index (χ0n) is 18.4. The molecule has 2 rings (SSSR count). The molecule has 1 fully saturated rings. The Morgan fingerprint density at radius 1 is 0.714 bits per heavy atom. The van der Waals surface area contributed by atoms with Crippen LogP contribution in [0.25, 0.3) is 0 Å². The molecule has 1 aromatic carbocycles. The number of rotatable bonds is 18. The van der Waals surface area contributed by atoms with Gasteiger partial charge >= 0.3 is 0 Å². The van der Waals surface area contributed by atoms with Crippen molar-refractivity contribution < 1.29 is 9.47 Å². The fraction of sp³-hybridized carbons (Fsp3) is 0.769. The number of hydrogen-bond acceptors (Lipinski definition) is 2. The van der Waals surface area contributed by atoms with Crippen LogP contribution in [0, 0.1) is 0 Å². The van der Waals surface area contributed by atoms with Crippen LogP contribution < -0.4 is 4.74 Å². The quantitative estimate of drug-likeness (QED) is 0.235. The van der Waals surface area contributed by atoms with Crippen LogP contribution in [0.1, 0.15) is 116 Å². The molecule has 0 spiro atoms. The molecule has 1 aromatic rings. The van der Waals surface area contributed by atoms with E-state index in [1.54, 1.807) is 0 Å². The summed E-state index contributed by atoms with van der Waals surface area (Å²) in [6, 6.07) is 10.1. The van der Waals surface area contributed by atoms with E-state index < -0.39 is 0 Å². The first kappa shape index (κ1) is 23.3. The molecule has 0 aromatic heterocycles. The van der Waals surface area contributed by atoms with E-state index in [2.05, 4.69) is 6.92 Å². The summed E-state index contributed by atoms with van der Waals surface area (Å²) in [5.74, 6) is 0.598. The van der Waals surface area contributed by atoms with Crippen molar-refractivity contribution in [1.29, 1.82) is 0 Å². The lowest BCUT2D eigenvalue weighted by atomic mass is 9.99. The molecule has 160 valence electrons. The minimum absolute atomic E-state index is 0.335. The second-order valence-electron chi connectivity index (χ2n) is 8.62. The van der Waals surface area contributed by atoms with Crippen molar-refractivity contribution in [3.63, 3.8) is 0 Å². The van der Waals surface area contributed by atoms with Crippen molar-refractivity contribution in [1.82, 2.24) is 0 Å². The van der Waals surface area contributed by atoms with Crippen molar-refractivity contribution in [3.05, 3.63) is 30.3 Å². The Labute approximate surface area is 174 Å². The SMILES string of the molecule is CCCCCCCCCCCCCCCCCC1(Oc2ccccc2)CCO1. The average molecular weight is 389 g/mol. The minimum Gasteiger partial charge on any atom is -0.462 e. The largest absolute Gasteiger partial charge is 0.462 e. The third-order valence-corrected chi connectivity index (χ3v) is 6.06. The van der Waals surface area contributed by atoms with Crippen LogP contribution in [0.15, 0.2) is 30.3 Å². The lowest BCUT2D eigenvalue weighted by Gasteiger charge is -2.41. The third-order valence-electron chi connectivity index (χ3n) is 6.06. The van der Waals surface area contributed by atoms with E-state index in [0.717, 1.165) is 25.2 Å². The zero-order chi connectivity index (χ0) is 19.8. The summed E-state index contributed by atoms with van der Waals surface area (Å²) in [5, 5.41) is 0. The van der Waals surface area contributed by atoms with Gasteiger partial charge in [-0.05, 0) is 18.6 Å². The lowest BCUT2D eigenvalue weighted by Crippen LogP contribution is -2.48. The Bertz CT molecular complexity index is 467. The number of hydrogen-bond donors (Lipinski definition) is 0. The first-order chi connectivity index (χ1) is 13.8. The smallest absolute Gasteiger partial charge is 0.212 e. The van der Waals surface area contributed by atoms with Gasteiger partial charge in [0.1, 0.15) is 5.75 Å². The van der Waals surface area contributed by atoms with Gasteiger partial charge < -0.3 is 9.47 Å². The van der Waals surface area contributed by atoms with Crippen LogP contribution in [0.5, 0.6) is 5.75 Å². The minimum atomic E-state index is -0.335. The topological polar surface area (TPSA) is 18.5 Å². The molecular formula is C26H44O2. The zero-order valence-corrected chi connectivity index (χ0v) is 18.4. The van der Waals surface area contributed by atoms with Crippen molar-refractivity contribution in [2.24, 2.45) is 0 Å². The molecule has 0 amide bonds. The fourth-order valence-electron chi connectivity index (χ4n) is 4.13. The highest BCUT2D eigenvalue weighted by Gasteiger charge is 2.40. The van der Waals surface area contributed by atoms with E-state index in [1.807, 2.05) is 30.3 Å². The van der Waals surface area contributed by atoms with Gasteiger partial charge in [0.05, 0.1) is 6.61 Å². The maximum absolute atomic E-state index is 6.13. The summed E-state index contributed by atoms with van der Waals surface area (Å²) in [6.45, 7) is 3.13. The lowest BCUT2D eigenvalue weighted by molar-refractivity contribution is -0.267. The first-order valence-corrected chi connectivity index (χ1v) is 12.2. The molecule has 0 saturated carbocycles. The standard InChI is InChI=1S/C26H44O2/c1-2-3-4-5-6-7-8-9-10-11-12-13-14-15-19-22-26(23-24-27-26)28-25-20-17-16-18-21-25/h16-18,20-21H,2-15,19,22-24H2,1H3. The molecule has 1 unspecified atom stereocenters. The molecule has 1 aliphatic heterocycles. The molecule has 0 bridgehead atoms. The monoisotopic (exact) mass is 388 g/mol. The highest BCUT2D eigenvalue weighted by Crippen LogP contribution is 2.34. The maximum atomic E-state index is 6.13. The fourth-order valence-corrected chi connectivity index (χ4v) is 4.13. The summed E-state index contributed by atoms with van der Waals surface area (Å²) >= 11 is 0. The molecule has 1 heterocycles. The number of ether oxygens (including phenoxy) is 2. The molecule has 2 nitrogen and oxygen atoms in total. The first-order valence-electron chi connectivity index (χ1n) is 12.2. The van der Waals surface area contributed by atoms with Crippen molar-refractivity contribution >= 4 is 0 Å². The summed E-state index contributed by atoms with van der Waals surface area (Å²) in [4.78, 5) is 0. The molecular weight excluding hydrogens is 344 g/mol. The van der Waals surface area contributed by atoms with Crippen molar-refractivity contribution in [3.8, 4) is 5.75 Å². The van der Waals surface area contributed by atoms with Gasteiger partial charge in [-0.2, -0.15) is 0 Å². The van der Waals surface area contributed by atoms with Gasteiger partial charge in [0.15, 0.2) is 0 Å². The molecule has 0 aliphatic carbocycles. The molecule has 1 atom stereocenters. The van der Waals surface area contributed by atoms with Gasteiger partial charge in [0, 0.05) is 12.8 Å². The van der Waals surface area contributed by atoms with E-state index in [4.69, 9.17) is 9.47 Å². The molecule has 2 heteroatoms. The highest BCUT2D eigenvalue weighted by molar-refractivity contribution is 5.21. The molecule has 1 saturated heterocycles. The van der Waals surface area contributed by atoms with Gasteiger partial charge in [-0.3, -0.25) is 0 Å². The Balaban J connectivity index is 1.37. The third kappa shape index (κ3) is 9.96. The average Bonchev–Trinajstić information content (AvgIpc) is 2.69. The van der Waals surface area contributed by atoms with E-state index >= 15 is 0 Å². The van der Waals surface area contributed by atoms with E-state index in [0.29, 0.717) is 0 Å². The van der Waals surface area contributed by atoms with Gasteiger partial charge in [-0.1, -0.05) is 115 Å². The summed E-state index contributed by atoms with van der Waals surface area (Å²) < 4.78 is 12.0. The predicted molar refractivity (Wildman–Crippen MR) is 120 cm³/mol. The Morgan fingerprint density at radius 2 is 1.18 bits per heavy atom. The predicted octanol–water partition coefficient (Wildman–Crippen LogP) is 8.44. The maximum Gasteiger partial charge on any atom is 0.212 e. The van der Waals surface area contributed by atoms with Crippen LogP contribution in [0.3, 0.4) is 0 Å². The van der Waals surface area contributed by atoms with Gasteiger partial charge in [0.25, 0.3) is 0 Å². The summed E-state index contributed by atoms with van der Waals surface area (Å²) in [6.07, 6.45) is 23.1. The van der Waals surface area contributed by atoms with Crippen LogP contribution in [0.4, 0.5) is 0 Å². The summed E-state index contributed by atoms with van der Waals surface area (Å²) in [5.41, 5.74) is 0. The number of benzene rings is 1. The van der Waals surface area contributed by atoms with E-state index in [9.17, 15) is 0 Å². The van der Waals surface area contributed by atoms with Gasteiger partial charge in [-0.25, -0.2) is 0 Å². The van der Waals surface area contributed by atoms with Crippen LogP contribution in [-0.2, 0) is 4.74 Å². The number of unbranched alkanes of at least 4 members (excludes halogenated alkanes) is 14. The van der Waals surface area contributed by atoms with E-state index in [1.165, 1.54) is 96.3 Å². The second kappa shape index (κ2) is 14.9. The van der Waals surface area contributed by atoms with Gasteiger partial charge in [0.2, 0.25) is 5.79 Å². The van der Waals surface area contributed by atoms with Crippen LogP contribution >= 0.6 is 0 Å². The molecule has 1 aliphatic rings. The van der Waals surface area contributed by atoms with Gasteiger partial charge in [-0.15, -0.1) is 0 Å². The Kier molecular flexibility index (Phi) is 12.4. The normalized spacial score (nSPS) is 18.8. The van der Waals surface area contributed by atoms with Crippen LogP contribution in [0.2, 0.25) is 0 Å². The van der Waals surface area contributed by atoms with E-state index in [-0.39, 0.29) is 5.79 Å². The highest BCUT2D eigenvalue weighted by atomic mass is 16.7.